The molecule has 0 spiro atoms. The number of rotatable bonds is 5. The maximum atomic E-state index is 12.6. The van der Waals surface area contributed by atoms with Crippen LogP contribution in [0, 0.1) is 0 Å². The number of halogens is 3. The van der Waals surface area contributed by atoms with E-state index in [1.807, 2.05) is 4.90 Å². The Hall–Kier alpha value is -2.52. The van der Waals surface area contributed by atoms with E-state index in [1.54, 1.807) is 4.90 Å². The van der Waals surface area contributed by atoms with Crippen molar-refractivity contribution < 1.29 is 22.7 Å². The summed E-state index contributed by atoms with van der Waals surface area (Å²) >= 11 is 0. The van der Waals surface area contributed by atoms with Crippen molar-refractivity contribution in [3.05, 3.63) is 34.3 Å². The lowest BCUT2D eigenvalue weighted by atomic mass is 9.90. The quantitative estimate of drug-likeness (QED) is 0.443. The number of amides is 1. The topological polar surface area (TPSA) is 94.4 Å². The first-order chi connectivity index (χ1) is 12.8. The lowest BCUT2D eigenvalue weighted by Crippen LogP contribution is -2.54. The van der Waals surface area contributed by atoms with E-state index in [9.17, 15) is 18.0 Å². The highest BCUT2D eigenvalue weighted by molar-refractivity contribution is 5.77. The Morgan fingerprint density at radius 1 is 1.33 bits per heavy atom. The van der Waals surface area contributed by atoms with Crippen LogP contribution in [0.5, 0.6) is 0 Å². The molecule has 2 aliphatic heterocycles. The van der Waals surface area contributed by atoms with E-state index in [-0.39, 0.29) is 18.9 Å². The van der Waals surface area contributed by atoms with E-state index in [0.717, 1.165) is 12.3 Å². The van der Waals surface area contributed by atoms with Crippen LogP contribution in [0.1, 0.15) is 18.4 Å². The average Bonchev–Trinajstić information content (AvgIpc) is 2.63. The molecule has 1 aromatic heterocycles. The summed E-state index contributed by atoms with van der Waals surface area (Å²) in [5, 5.41) is 3.53. The van der Waals surface area contributed by atoms with Gasteiger partial charge in [0.2, 0.25) is 5.91 Å². The molecule has 2 fully saturated rings. The van der Waals surface area contributed by atoms with Crippen LogP contribution < -0.4 is 4.90 Å². The standard InChI is InChI=1S/C16H19F3N6O2/c17-16(18,19)12-1-2-13(21-10-12)24-4-6-25(7-5-24)14(26)9-15(3-8-27-15)11-22-23-20/h1-2,10H,3-9,11H2. The van der Waals surface area contributed by atoms with Crippen LogP contribution in [0.15, 0.2) is 23.4 Å². The van der Waals surface area contributed by atoms with Gasteiger partial charge in [0.1, 0.15) is 5.82 Å². The maximum Gasteiger partial charge on any atom is 0.417 e. The Morgan fingerprint density at radius 3 is 2.52 bits per heavy atom. The Labute approximate surface area is 153 Å². The van der Waals surface area contributed by atoms with Gasteiger partial charge in [0.25, 0.3) is 0 Å². The normalized spacial score (nSPS) is 22.8. The molecule has 146 valence electrons. The summed E-state index contributed by atoms with van der Waals surface area (Å²) in [6.07, 6.45) is -2.76. The lowest BCUT2D eigenvalue weighted by Gasteiger charge is -2.42. The molecule has 2 saturated heterocycles. The van der Waals surface area contributed by atoms with Crippen LogP contribution >= 0.6 is 0 Å². The molecule has 0 aliphatic carbocycles. The van der Waals surface area contributed by atoms with Crippen molar-refractivity contribution in [2.75, 3.05) is 44.2 Å². The third kappa shape index (κ3) is 4.42. The van der Waals surface area contributed by atoms with Gasteiger partial charge in [-0.15, -0.1) is 0 Å². The molecule has 11 heteroatoms. The van der Waals surface area contributed by atoms with E-state index >= 15 is 0 Å². The summed E-state index contributed by atoms with van der Waals surface area (Å²) in [4.78, 5) is 22.7. The number of carbonyl (C=O) groups is 1. The fourth-order valence-electron chi connectivity index (χ4n) is 3.18. The van der Waals surface area contributed by atoms with Gasteiger partial charge in [0.15, 0.2) is 0 Å². The van der Waals surface area contributed by atoms with Gasteiger partial charge in [-0.2, -0.15) is 13.2 Å². The van der Waals surface area contributed by atoms with Crippen molar-refractivity contribution in [2.45, 2.75) is 24.6 Å². The molecule has 1 amide bonds. The minimum absolute atomic E-state index is 0.0807. The van der Waals surface area contributed by atoms with Crippen molar-refractivity contribution in [2.24, 2.45) is 5.11 Å². The van der Waals surface area contributed by atoms with Gasteiger partial charge in [0.05, 0.1) is 30.7 Å². The number of ether oxygens (including phenoxy) is 1. The Balaban J connectivity index is 1.54. The molecule has 0 radical (unpaired) electrons. The summed E-state index contributed by atoms with van der Waals surface area (Å²) in [5.74, 6) is 0.375. The number of aromatic nitrogens is 1. The fourth-order valence-corrected chi connectivity index (χ4v) is 3.18. The summed E-state index contributed by atoms with van der Waals surface area (Å²) in [6, 6.07) is 2.35. The molecule has 1 atom stereocenters. The monoisotopic (exact) mass is 384 g/mol. The van der Waals surface area contributed by atoms with Gasteiger partial charge < -0.3 is 14.5 Å². The summed E-state index contributed by atoms with van der Waals surface area (Å²) in [5.41, 5.74) is 6.98. The van der Waals surface area contributed by atoms with Crippen molar-refractivity contribution in [1.29, 1.82) is 0 Å². The first-order valence-corrected chi connectivity index (χ1v) is 8.54. The van der Waals surface area contributed by atoms with E-state index in [2.05, 4.69) is 15.0 Å². The van der Waals surface area contributed by atoms with E-state index in [1.165, 1.54) is 6.07 Å². The summed E-state index contributed by atoms with van der Waals surface area (Å²) in [7, 11) is 0. The van der Waals surface area contributed by atoms with Crippen molar-refractivity contribution >= 4 is 11.7 Å². The molecule has 8 nitrogen and oxygen atoms in total. The number of alkyl halides is 3. The predicted octanol–water partition coefficient (Wildman–Crippen LogP) is 2.61. The molecule has 2 aliphatic rings. The Morgan fingerprint density at radius 2 is 2.04 bits per heavy atom. The molecular weight excluding hydrogens is 365 g/mol. The number of hydrogen-bond acceptors (Lipinski definition) is 5. The molecule has 3 rings (SSSR count). The van der Waals surface area contributed by atoms with Gasteiger partial charge in [-0.3, -0.25) is 4.79 Å². The van der Waals surface area contributed by atoms with Gasteiger partial charge in [-0.05, 0) is 17.7 Å². The number of piperazine rings is 1. The van der Waals surface area contributed by atoms with Crippen LogP contribution in [0.2, 0.25) is 0 Å². The lowest BCUT2D eigenvalue weighted by molar-refractivity contribution is -0.163. The summed E-state index contributed by atoms with van der Waals surface area (Å²) in [6.45, 7) is 2.52. The molecule has 0 bridgehead atoms. The third-order valence-corrected chi connectivity index (χ3v) is 4.89. The number of azide groups is 1. The van der Waals surface area contributed by atoms with Gasteiger partial charge in [0, 0.05) is 43.7 Å². The largest absolute Gasteiger partial charge is 0.417 e. The number of hydrogen-bond donors (Lipinski definition) is 0. The minimum Gasteiger partial charge on any atom is -0.374 e. The first-order valence-electron chi connectivity index (χ1n) is 8.54. The van der Waals surface area contributed by atoms with Gasteiger partial charge in [-0.1, -0.05) is 5.11 Å². The zero-order valence-corrected chi connectivity index (χ0v) is 14.5. The molecule has 0 aromatic carbocycles. The van der Waals surface area contributed by atoms with Crippen LogP contribution in [0.25, 0.3) is 10.4 Å². The highest BCUT2D eigenvalue weighted by atomic mass is 19.4. The predicted molar refractivity (Wildman–Crippen MR) is 90.0 cm³/mol. The smallest absolute Gasteiger partial charge is 0.374 e. The van der Waals surface area contributed by atoms with E-state index in [0.29, 0.717) is 45.0 Å². The second-order valence-corrected chi connectivity index (χ2v) is 6.62. The van der Waals surface area contributed by atoms with Crippen LogP contribution in [0.4, 0.5) is 19.0 Å². The highest BCUT2D eigenvalue weighted by Crippen LogP contribution is 2.32. The molecule has 27 heavy (non-hydrogen) atoms. The second-order valence-electron chi connectivity index (χ2n) is 6.62. The van der Waals surface area contributed by atoms with Gasteiger partial charge in [-0.25, -0.2) is 4.98 Å². The third-order valence-electron chi connectivity index (χ3n) is 4.89. The summed E-state index contributed by atoms with van der Waals surface area (Å²) < 4.78 is 43.3. The van der Waals surface area contributed by atoms with Crippen LogP contribution in [0.3, 0.4) is 0 Å². The van der Waals surface area contributed by atoms with Gasteiger partial charge >= 0.3 is 6.18 Å². The Bertz CT molecular complexity index is 721. The molecule has 0 N–H and O–H groups in total. The van der Waals surface area contributed by atoms with Crippen LogP contribution in [-0.2, 0) is 15.7 Å². The van der Waals surface area contributed by atoms with E-state index in [4.69, 9.17) is 10.3 Å². The fraction of sp³-hybridized carbons (Fsp3) is 0.625. The highest BCUT2D eigenvalue weighted by Gasteiger charge is 2.41. The Kier molecular flexibility index (Phi) is 5.43. The molecule has 3 heterocycles. The van der Waals surface area contributed by atoms with Crippen molar-refractivity contribution in [1.82, 2.24) is 9.88 Å². The van der Waals surface area contributed by atoms with Crippen molar-refractivity contribution in [3.63, 3.8) is 0 Å². The molecule has 1 aromatic rings. The number of nitrogens with zero attached hydrogens (tertiary/aromatic N) is 6. The maximum absolute atomic E-state index is 12.6. The number of anilines is 1. The number of pyridine rings is 1. The van der Waals surface area contributed by atoms with E-state index < -0.39 is 17.3 Å². The average molecular weight is 384 g/mol. The SMILES string of the molecule is [N-]=[N+]=NCC1(CC(=O)N2CCN(c3ccc(C(F)(F)F)cn3)CC2)CCO1. The minimum atomic E-state index is -4.41. The molecular formula is C16H19F3N6O2. The zero-order chi connectivity index (χ0) is 19.5. The zero-order valence-electron chi connectivity index (χ0n) is 14.5. The number of carbonyl (C=O) groups excluding carboxylic acids is 1. The molecule has 0 saturated carbocycles. The first kappa shape index (κ1) is 19.2. The second kappa shape index (κ2) is 7.61. The van der Waals surface area contributed by atoms with Crippen molar-refractivity contribution in [3.8, 4) is 0 Å². The molecule has 1 unspecified atom stereocenters. The van der Waals surface area contributed by atoms with Crippen LogP contribution in [-0.4, -0.2) is 60.7 Å².